The Bertz CT molecular complexity index is 416. The van der Waals surface area contributed by atoms with E-state index in [9.17, 15) is 0 Å². The number of nitrogens with one attached hydrogen (secondary N) is 1. The summed E-state index contributed by atoms with van der Waals surface area (Å²) in [4.78, 5) is 6.71. The monoisotopic (exact) mass is 277 g/mol. The van der Waals surface area contributed by atoms with Gasteiger partial charge in [-0.1, -0.05) is 13.3 Å². The van der Waals surface area contributed by atoms with Gasteiger partial charge in [0.25, 0.3) is 0 Å². The SMILES string of the molecule is CCCc1cc(CNC2CC2)cc(OCCN(C)C)n1. The molecular weight excluding hydrogens is 250 g/mol. The van der Waals surface area contributed by atoms with Gasteiger partial charge in [0.15, 0.2) is 0 Å². The quantitative estimate of drug-likeness (QED) is 0.751. The normalized spacial score (nSPS) is 14.8. The summed E-state index contributed by atoms with van der Waals surface area (Å²) >= 11 is 0. The lowest BCUT2D eigenvalue weighted by Gasteiger charge is -2.13. The van der Waals surface area contributed by atoms with Crippen LogP contribution in [0, 0.1) is 0 Å². The first-order chi connectivity index (χ1) is 9.67. The van der Waals surface area contributed by atoms with E-state index in [-0.39, 0.29) is 0 Å². The van der Waals surface area contributed by atoms with Crippen LogP contribution in [0.1, 0.15) is 37.4 Å². The van der Waals surface area contributed by atoms with Gasteiger partial charge in [-0.05, 0) is 45.0 Å². The van der Waals surface area contributed by atoms with E-state index in [2.05, 4.69) is 48.4 Å². The molecule has 112 valence electrons. The van der Waals surface area contributed by atoms with Crippen LogP contribution in [-0.4, -0.2) is 43.2 Å². The number of rotatable bonds is 9. The Kier molecular flexibility index (Phi) is 5.80. The Balaban J connectivity index is 1.95. The molecule has 1 N–H and O–H groups in total. The fourth-order valence-corrected chi connectivity index (χ4v) is 2.06. The summed E-state index contributed by atoms with van der Waals surface area (Å²) < 4.78 is 5.79. The maximum absolute atomic E-state index is 5.79. The largest absolute Gasteiger partial charge is 0.476 e. The Morgan fingerprint density at radius 3 is 2.80 bits per heavy atom. The van der Waals surface area contributed by atoms with Gasteiger partial charge >= 0.3 is 0 Å². The molecule has 1 saturated carbocycles. The molecule has 1 fully saturated rings. The molecule has 0 atom stereocenters. The van der Waals surface area contributed by atoms with Crippen molar-refractivity contribution in [2.75, 3.05) is 27.2 Å². The number of hydrogen-bond donors (Lipinski definition) is 1. The van der Waals surface area contributed by atoms with Gasteiger partial charge in [-0.25, -0.2) is 4.98 Å². The van der Waals surface area contributed by atoms with Crippen LogP contribution in [0.2, 0.25) is 0 Å². The average Bonchev–Trinajstić information content (AvgIpc) is 3.20. The van der Waals surface area contributed by atoms with Gasteiger partial charge in [-0.15, -0.1) is 0 Å². The van der Waals surface area contributed by atoms with Crippen LogP contribution in [0.5, 0.6) is 5.88 Å². The van der Waals surface area contributed by atoms with Crippen LogP contribution in [0.4, 0.5) is 0 Å². The van der Waals surface area contributed by atoms with E-state index < -0.39 is 0 Å². The third-order valence-corrected chi connectivity index (χ3v) is 3.38. The molecule has 1 aliphatic carbocycles. The smallest absolute Gasteiger partial charge is 0.213 e. The lowest BCUT2D eigenvalue weighted by molar-refractivity contribution is 0.253. The van der Waals surface area contributed by atoms with E-state index in [1.165, 1.54) is 18.4 Å². The summed E-state index contributed by atoms with van der Waals surface area (Å²) in [6.07, 6.45) is 4.77. The van der Waals surface area contributed by atoms with Crippen molar-refractivity contribution in [3.05, 3.63) is 23.4 Å². The maximum Gasteiger partial charge on any atom is 0.213 e. The molecule has 4 nitrogen and oxygen atoms in total. The van der Waals surface area contributed by atoms with Crippen LogP contribution in [-0.2, 0) is 13.0 Å². The van der Waals surface area contributed by atoms with Crippen molar-refractivity contribution in [2.45, 2.75) is 45.2 Å². The second-order valence-corrected chi connectivity index (χ2v) is 5.86. The molecule has 0 radical (unpaired) electrons. The van der Waals surface area contributed by atoms with Crippen molar-refractivity contribution in [1.82, 2.24) is 15.2 Å². The Morgan fingerprint density at radius 1 is 1.35 bits per heavy atom. The van der Waals surface area contributed by atoms with E-state index in [1.54, 1.807) is 0 Å². The van der Waals surface area contributed by atoms with Gasteiger partial charge in [0.2, 0.25) is 5.88 Å². The second-order valence-electron chi connectivity index (χ2n) is 5.86. The number of hydrogen-bond acceptors (Lipinski definition) is 4. The van der Waals surface area contributed by atoms with Crippen LogP contribution in [0.25, 0.3) is 0 Å². The lowest BCUT2D eigenvalue weighted by Crippen LogP contribution is -2.20. The number of pyridine rings is 1. The Morgan fingerprint density at radius 2 is 2.15 bits per heavy atom. The fourth-order valence-electron chi connectivity index (χ4n) is 2.06. The zero-order valence-corrected chi connectivity index (χ0v) is 13.0. The molecule has 4 heteroatoms. The van der Waals surface area contributed by atoms with Gasteiger partial charge in [0.05, 0.1) is 0 Å². The van der Waals surface area contributed by atoms with Crippen molar-refractivity contribution in [2.24, 2.45) is 0 Å². The molecule has 1 heterocycles. The zero-order valence-electron chi connectivity index (χ0n) is 13.0. The summed E-state index contributed by atoms with van der Waals surface area (Å²) in [5, 5.41) is 3.55. The highest BCUT2D eigenvalue weighted by atomic mass is 16.5. The van der Waals surface area contributed by atoms with E-state index >= 15 is 0 Å². The highest BCUT2D eigenvalue weighted by Crippen LogP contribution is 2.20. The molecule has 2 rings (SSSR count). The highest BCUT2D eigenvalue weighted by Gasteiger charge is 2.20. The topological polar surface area (TPSA) is 37.4 Å². The molecular formula is C16H27N3O. The second kappa shape index (κ2) is 7.60. The van der Waals surface area contributed by atoms with E-state index in [0.29, 0.717) is 6.61 Å². The number of nitrogens with zero attached hydrogens (tertiary/aromatic N) is 2. The minimum atomic E-state index is 0.686. The van der Waals surface area contributed by atoms with Gasteiger partial charge in [0.1, 0.15) is 6.61 Å². The molecule has 0 aliphatic heterocycles. The molecule has 0 aromatic carbocycles. The summed E-state index contributed by atoms with van der Waals surface area (Å²) in [7, 11) is 4.10. The van der Waals surface area contributed by atoms with Crippen LogP contribution in [0.3, 0.4) is 0 Å². The number of ether oxygens (including phenoxy) is 1. The first-order valence-electron chi connectivity index (χ1n) is 7.68. The van der Waals surface area contributed by atoms with E-state index in [1.807, 2.05) is 0 Å². The summed E-state index contributed by atoms with van der Waals surface area (Å²) in [6, 6.07) is 5.01. The molecule has 1 aromatic heterocycles. The predicted molar refractivity (Wildman–Crippen MR) is 82.1 cm³/mol. The van der Waals surface area contributed by atoms with Crippen LogP contribution in [0.15, 0.2) is 12.1 Å². The van der Waals surface area contributed by atoms with Gasteiger partial charge in [-0.2, -0.15) is 0 Å². The first-order valence-corrected chi connectivity index (χ1v) is 7.68. The molecule has 0 saturated heterocycles. The lowest BCUT2D eigenvalue weighted by atomic mass is 10.1. The molecule has 20 heavy (non-hydrogen) atoms. The number of likely N-dealkylation sites (N-methyl/N-ethyl adjacent to an activating group) is 1. The van der Waals surface area contributed by atoms with Gasteiger partial charge in [-0.3, -0.25) is 0 Å². The molecule has 0 bridgehead atoms. The average molecular weight is 277 g/mol. The van der Waals surface area contributed by atoms with Crippen LogP contribution >= 0.6 is 0 Å². The maximum atomic E-state index is 5.79. The van der Waals surface area contributed by atoms with E-state index in [4.69, 9.17) is 4.74 Å². The Labute approximate surface area is 122 Å². The Hall–Kier alpha value is -1.13. The molecule has 0 amide bonds. The van der Waals surface area contributed by atoms with Gasteiger partial charge < -0.3 is 15.0 Å². The van der Waals surface area contributed by atoms with E-state index in [0.717, 1.165) is 43.5 Å². The number of aromatic nitrogens is 1. The zero-order chi connectivity index (χ0) is 14.4. The first kappa shape index (κ1) is 15.3. The highest BCUT2D eigenvalue weighted by molar-refractivity contribution is 5.25. The van der Waals surface area contributed by atoms with Gasteiger partial charge in [0, 0.05) is 30.9 Å². The van der Waals surface area contributed by atoms with Crippen molar-refractivity contribution >= 4 is 0 Å². The van der Waals surface area contributed by atoms with Crippen molar-refractivity contribution < 1.29 is 4.74 Å². The predicted octanol–water partition coefficient (Wildman–Crippen LogP) is 2.23. The van der Waals surface area contributed by atoms with Crippen LogP contribution < -0.4 is 10.1 Å². The molecule has 1 aromatic rings. The van der Waals surface area contributed by atoms with Crippen molar-refractivity contribution in [3.8, 4) is 5.88 Å². The van der Waals surface area contributed by atoms with Crippen molar-refractivity contribution in [3.63, 3.8) is 0 Å². The molecule has 0 unspecified atom stereocenters. The minimum Gasteiger partial charge on any atom is -0.476 e. The third kappa shape index (κ3) is 5.47. The summed E-state index contributed by atoms with van der Waals surface area (Å²) in [6.45, 7) is 4.71. The standard InChI is InChI=1S/C16H27N3O/c1-4-5-15-10-13(12-17-14-6-7-14)11-16(18-15)20-9-8-19(2)3/h10-11,14,17H,4-9,12H2,1-3H3. The minimum absolute atomic E-state index is 0.686. The summed E-state index contributed by atoms with van der Waals surface area (Å²) in [5.41, 5.74) is 2.43. The molecule has 0 spiro atoms. The fraction of sp³-hybridized carbons (Fsp3) is 0.688. The number of aryl methyl sites for hydroxylation is 1. The third-order valence-electron chi connectivity index (χ3n) is 3.38. The van der Waals surface area contributed by atoms with Crippen molar-refractivity contribution in [1.29, 1.82) is 0 Å². The summed E-state index contributed by atoms with van der Waals surface area (Å²) in [5.74, 6) is 0.769. The molecule has 1 aliphatic rings.